The third-order valence-corrected chi connectivity index (χ3v) is 3.56. The van der Waals surface area contributed by atoms with E-state index in [4.69, 9.17) is 4.74 Å². The smallest absolute Gasteiger partial charge is 0.244 e. The summed E-state index contributed by atoms with van der Waals surface area (Å²) in [7, 11) is 0. The Balaban J connectivity index is 1.81. The zero-order valence-corrected chi connectivity index (χ0v) is 14.5. The van der Waals surface area contributed by atoms with Crippen LogP contribution in [0.15, 0.2) is 58.1 Å². The number of ether oxygens (including phenoxy) is 1. The summed E-state index contributed by atoms with van der Waals surface area (Å²) in [5.41, 5.74) is 4.37. The van der Waals surface area contributed by atoms with E-state index < -0.39 is 0 Å². The standard InChI is InChI=1S/C18H19BrN2O2/c1-2-11-23-17-9-5-15(6-10-17)13-20-21-18(22)12-14-3-7-16(19)8-4-14/h3-10,13H,2,11-12H2,1H3,(H,21,22)/b20-13+. The minimum Gasteiger partial charge on any atom is -0.494 e. The molecule has 0 unspecified atom stereocenters. The normalized spacial score (nSPS) is 10.7. The summed E-state index contributed by atoms with van der Waals surface area (Å²) in [5, 5.41) is 3.97. The van der Waals surface area contributed by atoms with E-state index in [1.54, 1.807) is 6.21 Å². The fourth-order valence-electron chi connectivity index (χ4n) is 1.88. The number of carbonyl (C=O) groups excluding carboxylic acids is 1. The molecule has 4 nitrogen and oxygen atoms in total. The van der Waals surface area contributed by atoms with E-state index in [2.05, 4.69) is 33.4 Å². The average molecular weight is 375 g/mol. The van der Waals surface area contributed by atoms with E-state index >= 15 is 0 Å². The highest BCUT2D eigenvalue weighted by Gasteiger charge is 2.01. The first-order valence-electron chi connectivity index (χ1n) is 7.46. The van der Waals surface area contributed by atoms with Crippen molar-refractivity contribution in [2.24, 2.45) is 5.10 Å². The van der Waals surface area contributed by atoms with Crippen LogP contribution in [0.25, 0.3) is 0 Å². The molecule has 23 heavy (non-hydrogen) atoms. The lowest BCUT2D eigenvalue weighted by atomic mass is 10.1. The van der Waals surface area contributed by atoms with Gasteiger partial charge in [-0.05, 0) is 53.9 Å². The number of hydrogen-bond donors (Lipinski definition) is 1. The maximum absolute atomic E-state index is 11.8. The zero-order chi connectivity index (χ0) is 16.5. The quantitative estimate of drug-likeness (QED) is 0.589. The van der Waals surface area contributed by atoms with Gasteiger partial charge in [0.15, 0.2) is 0 Å². The Labute approximate surface area is 144 Å². The predicted octanol–water partition coefficient (Wildman–Crippen LogP) is 3.93. The van der Waals surface area contributed by atoms with Crippen molar-refractivity contribution in [2.45, 2.75) is 19.8 Å². The summed E-state index contributed by atoms with van der Waals surface area (Å²) in [4.78, 5) is 11.8. The Bertz CT molecular complexity index is 652. The second-order valence-electron chi connectivity index (χ2n) is 5.01. The number of hydrazone groups is 1. The molecule has 2 rings (SSSR count). The number of amides is 1. The van der Waals surface area contributed by atoms with Crippen LogP contribution in [0.4, 0.5) is 0 Å². The molecule has 0 bridgehead atoms. The van der Waals surface area contributed by atoms with E-state index in [0.29, 0.717) is 13.0 Å². The topological polar surface area (TPSA) is 50.7 Å². The number of nitrogens with zero attached hydrogens (tertiary/aromatic N) is 1. The van der Waals surface area contributed by atoms with E-state index in [1.165, 1.54) is 0 Å². The van der Waals surface area contributed by atoms with Gasteiger partial charge in [-0.2, -0.15) is 5.10 Å². The molecule has 2 aromatic rings. The number of benzene rings is 2. The molecule has 0 saturated carbocycles. The van der Waals surface area contributed by atoms with Crippen LogP contribution in [0.1, 0.15) is 24.5 Å². The van der Waals surface area contributed by atoms with Crippen LogP contribution in [-0.2, 0) is 11.2 Å². The van der Waals surface area contributed by atoms with Gasteiger partial charge in [0, 0.05) is 4.47 Å². The first-order chi connectivity index (χ1) is 11.2. The summed E-state index contributed by atoms with van der Waals surface area (Å²) in [6, 6.07) is 15.2. The maximum atomic E-state index is 11.8. The third kappa shape index (κ3) is 6.24. The van der Waals surface area contributed by atoms with Gasteiger partial charge in [0.05, 0.1) is 19.2 Å². The molecule has 0 fully saturated rings. The van der Waals surface area contributed by atoms with Crippen molar-refractivity contribution in [3.8, 4) is 5.75 Å². The number of rotatable bonds is 7. The highest BCUT2D eigenvalue weighted by molar-refractivity contribution is 9.10. The average Bonchev–Trinajstić information content (AvgIpc) is 2.56. The lowest BCUT2D eigenvalue weighted by Crippen LogP contribution is -2.19. The van der Waals surface area contributed by atoms with Crippen molar-refractivity contribution in [1.29, 1.82) is 0 Å². The van der Waals surface area contributed by atoms with Crippen LogP contribution in [-0.4, -0.2) is 18.7 Å². The van der Waals surface area contributed by atoms with Gasteiger partial charge in [-0.1, -0.05) is 35.0 Å². The number of carbonyl (C=O) groups is 1. The number of halogens is 1. The van der Waals surface area contributed by atoms with Gasteiger partial charge in [-0.3, -0.25) is 4.79 Å². The van der Waals surface area contributed by atoms with E-state index in [9.17, 15) is 4.79 Å². The fraction of sp³-hybridized carbons (Fsp3) is 0.222. The van der Waals surface area contributed by atoms with Crippen molar-refractivity contribution in [3.05, 3.63) is 64.1 Å². The van der Waals surface area contributed by atoms with Gasteiger partial charge in [-0.25, -0.2) is 5.43 Å². The minimum absolute atomic E-state index is 0.147. The fourth-order valence-corrected chi connectivity index (χ4v) is 2.14. The Morgan fingerprint density at radius 1 is 1.17 bits per heavy atom. The van der Waals surface area contributed by atoms with Gasteiger partial charge >= 0.3 is 0 Å². The summed E-state index contributed by atoms with van der Waals surface area (Å²) in [5.74, 6) is 0.690. The van der Waals surface area contributed by atoms with Crippen LogP contribution in [0.3, 0.4) is 0 Å². The Kier molecular flexibility index (Phi) is 6.81. The zero-order valence-electron chi connectivity index (χ0n) is 13.0. The van der Waals surface area contributed by atoms with Crippen molar-refractivity contribution in [2.75, 3.05) is 6.61 Å². The molecule has 0 atom stereocenters. The predicted molar refractivity (Wildman–Crippen MR) is 95.8 cm³/mol. The lowest BCUT2D eigenvalue weighted by Gasteiger charge is -2.04. The van der Waals surface area contributed by atoms with Crippen LogP contribution in [0.5, 0.6) is 5.75 Å². The molecule has 120 valence electrons. The van der Waals surface area contributed by atoms with Gasteiger partial charge in [0.1, 0.15) is 5.75 Å². The van der Waals surface area contributed by atoms with E-state index in [-0.39, 0.29) is 5.91 Å². The van der Waals surface area contributed by atoms with Crippen LogP contribution >= 0.6 is 15.9 Å². The number of hydrogen-bond acceptors (Lipinski definition) is 3. The molecule has 0 aromatic heterocycles. The second kappa shape index (κ2) is 9.10. The molecule has 0 saturated heterocycles. The van der Waals surface area contributed by atoms with Gasteiger partial charge in [0.25, 0.3) is 0 Å². The summed E-state index contributed by atoms with van der Waals surface area (Å²) in [6.45, 7) is 2.78. The van der Waals surface area contributed by atoms with Gasteiger partial charge < -0.3 is 4.74 Å². The molecule has 1 amide bonds. The first-order valence-corrected chi connectivity index (χ1v) is 8.26. The molecule has 0 spiro atoms. The Morgan fingerprint density at radius 2 is 1.87 bits per heavy atom. The van der Waals surface area contributed by atoms with Crippen molar-refractivity contribution < 1.29 is 9.53 Å². The molecular formula is C18H19BrN2O2. The van der Waals surface area contributed by atoms with E-state index in [1.807, 2.05) is 48.5 Å². The van der Waals surface area contributed by atoms with Gasteiger partial charge in [-0.15, -0.1) is 0 Å². The Morgan fingerprint density at radius 3 is 2.52 bits per heavy atom. The summed E-state index contributed by atoms with van der Waals surface area (Å²) < 4.78 is 6.50. The molecule has 5 heteroatoms. The summed E-state index contributed by atoms with van der Waals surface area (Å²) in [6.07, 6.45) is 2.89. The first kappa shape index (κ1) is 17.2. The highest BCUT2D eigenvalue weighted by Crippen LogP contribution is 2.12. The third-order valence-electron chi connectivity index (χ3n) is 3.03. The molecule has 0 heterocycles. The molecule has 0 radical (unpaired) electrons. The molecule has 2 aromatic carbocycles. The van der Waals surface area contributed by atoms with Crippen LogP contribution in [0, 0.1) is 0 Å². The van der Waals surface area contributed by atoms with Crippen LogP contribution < -0.4 is 10.2 Å². The van der Waals surface area contributed by atoms with Crippen molar-refractivity contribution >= 4 is 28.1 Å². The SMILES string of the molecule is CCCOc1ccc(/C=N/NC(=O)Cc2ccc(Br)cc2)cc1. The molecular weight excluding hydrogens is 356 g/mol. The number of nitrogens with one attached hydrogen (secondary N) is 1. The largest absolute Gasteiger partial charge is 0.494 e. The summed E-state index contributed by atoms with van der Waals surface area (Å²) >= 11 is 3.37. The molecule has 1 N–H and O–H groups in total. The monoisotopic (exact) mass is 374 g/mol. The van der Waals surface area contributed by atoms with Crippen molar-refractivity contribution in [1.82, 2.24) is 5.43 Å². The molecule has 0 aliphatic heterocycles. The van der Waals surface area contributed by atoms with E-state index in [0.717, 1.165) is 27.8 Å². The minimum atomic E-state index is -0.147. The Hall–Kier alpha value is -2.14. The molecule has 0 aliphatic carbocycles. The van der Waals surface area contributed by atoms with Crippen molar-refractivity contribution in [3.63, 3.8) is 0 Å². The maximum Gasteiger partial charge on any atom is 0.244 e. The van der Waals surface area contributed by atoms with Crippen LogP contribution in [0.2, 0.25) is 0 Å². The second-order valence-corrected chi connectivity index (χ2v) is 5.93. The highest BCUT2D eigenvalue weighted by atomic mass is 79.9. The van der Waals surface area contributed by atoms with Gasteiger partial charge in [0.2, 0.25) is 5.91 Å². The molecule has 0 aliphatic rings. The lowest BCUT2D eigenvalue weighted by molar-refractivity contribution is -0.120.